The molecule has 7 nitrogen and oxygen atoms in total. The van der Waals surface area contributed by atoms with Crippen LogP contribution in [0.1, 0.15) is 10.9 Å². The summed E-state index contributed by atoms with van der Waals surface area (Å²) >= 11 is 1.49. The van der Waals surface area contributed by atoms with Crippen LogP contribution in [-0.2, 0) is 9.59 Å². The highest BCUT2D eigenvalue weighted by molar-refractivity contribution is 7.99. The van der Waals surface area contributed by atoms with Crippen molar-refractivity contribution in [3.05, 3.63) is 23.8 Å². The number of thioether (sulfide) groups is 1. The topological polar surface area (TPSA) is 105 Å². The third kappa shape index (κ3) is 3.79. The Kier molecular flexibility index (Phi) is 4.92. The van der Waals surface area contributed by atoms with Gasteiger partial charge >= 0.3 is 11.9 Å². The van der Waals surface area contributed by atoms with Gasteiger partial charge < -0.3 is 19.7 Å². The maximum atomic E-state index is 10.9. The number of rotatable bonds is 6. The SMILES string of the molecule is COc1cc([C@@H]2N[C@H](C(=O)O)CS2)ccc1OCC(=O)O. The average molecular weight is 313 g/mol. The number of hydrogen-bond acceptors (Lipinski definition) is 6. The number of ether oxygens (including phenoxy) is 2. The number of aliphatic carboxylic acids is 2. The number of carboxylic acids is 2. The fourth-order valence-corrected chi connectivity index (χ4v) is 3.14. The largest absolute Gasteiger partial charge is 0.493 e. The molecule has 2 rings (SSSR count). The first-order chi connectivity index (χ1) is 10.0. The Morgan fingerprint density at radius 3 is 2.71 bits per heavy atom. The van der Waals surface area contributed by atoms with E-state index in [1.165, 1.54) is 18.9 Å². The molecule has 114 valence electrons. The third-order valence-electron chi connectivity index (χ3n) is 2.92. The summed E-state index contributed by atoms with van der Waals surface area (Å²) in [6.07, 6.45) is 0. The summed E-state index contributed by atoms with van der Waals surface area (Å²) in [5.74, 6) is -0.715. The summed E-state index contributed by atoms with van der Waals surface area (Å²) < 4.78 is 10.3. The van der Waals surface area contributed by atoms with Crippen LogP contribution in [-0.4, -0.2) is 47.7 Å². The van der Waals surface area contributed by atoms with Gasteiger partial charge in [0.2, 0.25) is 0 Å². The van der Waals surface area contributed by atoms with Crippen LogP contribution in [0.3, 0.4) is 0 Å². The molecule has 0 bridgehead atoms. The molecule has 1 fully saturated rings. The first-order valence-corrected chi connectivity index (χ1v) is 7.19. The predicted molar refractivity (Wildman–Crippen MR) is 75.9 cm³/mol. The first-order valence-electron chi connectivity index (χ1n) is 6.14. The minimum atomic E-state index is -1.07. The minimum Gasteiger partial charge on any atom is -0.493 e. The third-order valence-corrected chi connectivity index (χ3v) is 4.19. The fraction of sp³-hybridized carbons (Fsp3) is 0.385. The Morgan fingerprint density at radius 2 is 2.14 bits per heavy atom. The Hall–Kier alpha value is -1.93. The van der Waals surface area contributed by atoms with E-state index in [0.717, 1.165) is 5.56 Å². The lowest BCUT2D eigenvalue weighted by atomic mass is 10.2. The van der Waals surface area contributed by atoms with E-state index < -0.39 is 24.6 Å². The second kappa shape index (κ2) is 6.68. The van der Waals surface area contributed by atoms with E-state index in [1.54, 1.807) is 18.2 Å². The molecule has 8 heteroatoms. The molecule has 0 aliphatic carbocycles. The number of hydrogen-bond donors (Lipinski definition) is 3. The molecule has 0 saturated carbocycles. The first kappa shape index (κ1) is 15.5. The molecule has 1 heterocycles. The van der Waals surface area contributed by atoms with Gasteiger partial charge in [-0.1, -0.05) is 6.07 Å². The zero-order chi connectivity index (χ0) is 15.4. The van der Waals surface area contributed by atoms with Gasteiger partial charge in [-0.15, -0.1) is 11.8 Å². The van der Waals surface area contributed by atoms with Crippen LogP contribution in [0.15, 0.2) is 18.2 Å². The van der Waals surface area contributed by atoms with Gasteiger partial charge in [0.05, 0.1) is 12.5 Å². The summed E-state index contributed by atoms with van der Waals surface area (Å²) in [6.45, 7) is -0.451. The van der Waals surface area contributed by atoms with Crippen LogP contribution >= 0.6 is 11.8 Å². The Bertz CT molecular complexity index is 549. The molecule has 0 radical (unpaired) electrons. The second-order valence-corrected chi connectivity index (χ2v) is 5.50. The van der Waals surface area contributed by atoms with Gasteiger partial charge in [-0.3, -0.25) is 10.1 Å². The highest BCUT2D eigenvalue weighted by atomic mass is 32.2. The highest BCUT2D eigenvalue weighted by Crippen LogP contribution is 2.37. The number of carbonyl (C=O) groups is 2. The monoisotopic (exact) mass is 313 g/mol. The zero-order valence-electron chi connectivity index (χ0n) is 11.2. The van der Waals surface area contributed by atoms with Gasteiger partial charge in [0.1, 0.15) is 6.04 Å². The molecule has 1 aromatic rings. The summed E-state index contributed by atoms with van der Waals surface area (Å²) in [5, 5.41) is 20.4. The standard InChI is InChI=1S/C13H15NO6S/c1-19-10-4-7(2-3-9(10)20-5-11(15)16)12-14-8(6-21-12)13(17)18/h2-4,8,12,14H,5-6H2,1H3,(H,15,16)(H,17,18)/t8-,12+/m0/s1. The Morgan fingerprint density at radius 1 is 1.38 bits per heavy atom. The molecule has 1 aliphatic rings. The van der Waals surface area contributed by atoms with E-state index in [0.29, 0.717) is 17.3 Å². The van der Waals surface area contributed by atoms with Gasteiger partial charge in [-0.2, -0.15) is 0 Å². The zero-order valence-corrected chi connectivity index (χ0v) is 12.1. The van der Waals surface area contributed by atoms with Crippen LogP contribution in [0, 0.1) is 0 Å². The molecule has 0 amide bonds. The van der Waals surface area contributed by atoms with Crippen molar-refractivity contribution in [3.63, 3.8) is 0 Å². The van der Waals surface area contributed by atoms with Crippen molar-refractivity contribution in [2.45, 2.75) is 11.4 Å². The highest BCUT2D eigenvalue weighted by Gasteiger charge is 2.30. The van der Waals surface area contributed by atoms with Crippen molar-refractivity contribution in [2.24, 2.45) is 0 Å². The van der Waals surface area contributed by atoms with Gasteiger partial charge in [-0.25, -0.2) is 4.79 Å². The van der Waals surface area contributed by atoms with E-state index in [1.807, 2.05) is 0 Å². The Labute approximate surface area is 125 Å². The van der Waals surface area contributed by atoms with Crippen LogP contribution < -0.4 is 14.8 Å². The molecule has 21 heavy (non-hydrogen) atoms. The van der Waals surface area contributed by atoms with Gasteiger partial charge in [-0.05, 0) is 17.7 Å². The second-order valence-electron chi connectivity index (χ2n) is 4.36. The number of nitrogens with one attached hydrogen (secondary N) is 1. The quantitative estimate of drug-likeness (QED) is 0.713. The van der Waals surface area contributed by atoms with E-state index in [4.69, 9.17) is 19.7 Å². The lowest BCUT2D eigenvalue weighted by Gasteiger charge is -2.15. The molecule has 0 unspecified atom stereocenters. The molecular formula is C13H15NO6S. The van der Waals surface area contributed by atoms with E-state index in [-0.39, 0.29) is 5.37 Å². The van der Waals surface area contributed by atoms with E-state index >= 15 is 0 Å². The lowest BCUT2D eigenvalue weighted by Crippen LogP contribution is -2.33. The van der Waals surface area contributed by atoms with Gasteiger partial charge in [0, 0.05) is 5.75 Å². The molecule has 2 atom stereocenters. The smallest absolute Gasteiger partial charge is 0.341 e. The van der Waals surface area contributed by atoms with Gasteiger partial charge in [0.15, 0.2) is 18.1 Å². The number of benzene rings is 1. The summed E-state index contributed by atoms with van der Waals surface area (Å²) in [7, 11) is 1.46. The number of carboxylic acid groups (broad SMARTS) is 2. The maximum absolute atomic E-state index is 10.9. The van der Waals surface area contributed by atoms with Crippen molar-refractivity contribution >= 4 is 23.7 Å². The van der Waals surface area contributed by atoms with Gasteiger partial charge in [0.25, 0.3) is 0 Å². The molecule has 0 spiro atoms. The van der Waals surface area contributed by atoms with Crippen LogP contribution in [0.25, 0.3) is 0 Å². The molecule has 1 aromatic carbocycles. The normalized spacial score (nSPS) is 21.0. The molecular weight excluding hydrogens is 298 g/mol. The maximum Gasteiger partial charge on any atom is 0.341 e. The Balaban J connectivity index is 2.12. The summed E-state index contributed by atoms with van der Waals surface area (Å²) in [4.78, 5) is 21.4. The van der Waals surface area contributed by atoms with Crippen molar-refractivity contribution < 1.29 is 29.3 Å². The molecule has 0 aromatic heterocycles. The summed E-state index contributed by atoms with van der Waals surface area (Å²) in [6, 6.07) is 4.52. The summed E-state index contributed by atoms with van der Waals surface area (Å²) in [5.41, 5.74) is 0.850. The number of methoxy groups -OCH3 is 1. The fourth-order valence-electron chi connectivity index (χ4n) is 1.91. The van der Waals surface area contributed by atoms with Crippen LogP contribution in [0.5, 0.6) is 11.5 Å². The van der Waals surface area contributed by atoms with Crippen LogP contribution in [0.2, 0.25) is 0 Å². The van der Waals surface area contributed by atoms with E-state index in [9.17, 15) is 9.59 Å². The van der Waals surface area contributed by atoms with Crippen molar-refractivity contribution in [1.29, 1.82) is 0 Å². The average Bonchev–Trinajstić information content (AvgIpc) is 2.94. The molecule has 3 N–H and O–H groups in total. The predicted octanol–water partition coefficient (Wildman–Crippen LogP) is 0.947. The lowest BCUT2D eigenvalue weighted by molar-refractivity contribution is -0.140. The van der Waals surface area contributed by atoms with E-state index in [2.05, 4.69) is 5.32 Å². The van der Waals surface area contributed by atoms with Crippen molar-refractivity contribution in [2.75, 3.05) is 19.5 Å². The van der Waals surface area contributed by atoms with Crippen molar-refractivity contribution in [1.82, 2.24) is 5.32 Å². The van der Waals surface area contributed by atoms with Crippen LogP contribution in [0.4, 0.5) is 0 Å². The van der Waals surface area contributed by atoms with Crippen molar-refractivity contribution in [3.8, 4) is 11.5 Å². The molecule has 1 saturated heterocycles. The minimum absolute atomic E-state index is 0.145. The molecule has 1 aliphatic heterocycles.